The van der Waals surface area contributed by atoms with E-state index in [1.54, 1.807) is 14.2 Å². The Morgan fingerprint density at radius 3 is 1.85 bits per heavy atom. The number of anilines is 1. The van der Waals surface area contributed by atoms with Crippen molar-refractivity contribution in [3.63, 3.8) is 0 Å². The molecule has 1 aliphatic heterocycles. The van der Waals surface area contributed by atoms with Gasteiger partial charge in [-0.05, 0) is 69.7 Å². The molecule has 1 aliphatic rings. The SMILES string of the molecule is COc1ccc(C(OC[C@H]2O[C@@H](n3ccc(NC(=O)OCc4ccccc4O[Si](C(C)C)(C(C)C)C(C)C)nc3=O)[C@H](O)[C@@H]2O)(c2ccccc2)c2ccc(OC)cc2)cc1. The van der Waals surface area contributed by atoms with Gasteiger partial charge in [0.2, 0.25) is 0 Å². The third-order valence-electron chi connectivity index (χ3n) is 11.6. The maximum absolute atomic E-state index is 13.4. The highest BCUT2D eigenvalue weighted by Crippen LogP contribution is 2.45. The van der Waals surface area contributed by atoms with E-state index in [1.165, 1.54) is 12.3 Å². The summed E-state index contributed by atoms with van der Waals surface area (Å²) < 4.78 is 37.4. The van der Waals surface area contributed by atoms with Gasteiger partial charge in [-0.2, -0.15) is 4.98 Å². The van der Waals surface area contributed by atoms with Crippen LogP contribution in [0.3, 0.4) is 0 Å². The molecule has 14 heteroatoms. The van der Waals surface area contributed by atoms with Gasteiger partial charge in [0.25, 0.3) is 8.32 Å². The van der Waals surface area contributed by atoms with Gasteiger partial charge in [0.15, 0.2) is 6.23 Å². The number of nitrogens with one attached hydrogen (secondary N) is 1. The monoisotopic (exact) mass is 851 g/mol. The minimum absolute atomic E-state index is 0.0657. The molecule has 13 nitrogen and oxygen atoms in total. The number of carbonyl (C=O) groups is 1. The van der Waals surface area contributed by atoms with Crippen molar-refractivity contribution in [2.45, 2.75) is 94.9 Å². The topological polar surface area (TPSA) is 160 Å². The van der Waals surface area contributed by atoms with Crippen LogP contribution < -0.4 is 24.9 Å². The molecule has 61 heavy (non-hydrogen) atoms. The van der Waals surface area contributed by atoms with Crippen LogP contribution in [0.5, 0.6) is 17.2 Å². The fourth-order valence-electron chi connectivity index (χ4n) is 8.60. The van der Waals surface area contributed by atoms with Gasteiger partial charge in [-0.15, -0.1) is 0 Å². The summed E-state index contributed by atoms with van der Waals surface area (Å²) in [6, 6.07) is 33.5. The predicted molar refractivity (Wildman–Crippen MR) is 235 cm³/mol. The molecular formula is C47H57N3O10Si. The van der Waals surface area contributed by atoms with Crippen molar-refractivity contribution < 1.29 is 43.1 Å². The van der Waals surface area contributed by atoms with Crippen LogP contribution in [-0.2, 0) is 26.4 Å². The van der Waals surface area contributed by atoms with Gasteiger partial charge < -0.3 is 38.3 Å². The Morgan fingerprint density at radius 1 is 0.770 bits per heavy atom. The van der Waals surface area contributed by atoms with E-state index in [0.717, 1.165) is 26.8 Å². The molecule has 0 bridgehead atoms. The molecule has 0 aliphatic carbocycles. The largest absolute Gasteiger partial charge is 0.542 e. The Labute approximate surface area is 358 Å². The average molecular weight is 852 g/mol. The first-order valence-electron chi connectivity index (χ1n) is 20.5. The molecule has 3 N–H and O–H groups in total. The van der Waals surface area contributed by atoms with Crippen LogP contribution in [0.25, 0.3) is 0 Å². The van der Waals surface area contributed by atoms with Crippen LogP contribution in [0.15, 0.2) is 120 Å². The van der Waals surface area contributed by atoms with E-state index in [0.29, 0.717) is 33.9 Å². The molecule has 0 saturated carbocycles. The van der Waals surface area contributed by atoms with Gasteiger partial charge in [0, 0.05) is 11.8 Å². The molecule has 4 atom stereocenters. The third kappa shape index (κ3) is 9.38. The van der Waals surface area contributed by atoms with E-state index in [2.05, 4.69) is 51.8 Å². The number of aromatic nitrogens is 2. The molecule has 2 heterocycles. The fraction of sp³-hybridized carbons (Fsp3) is 0.383. The maximum Gasteiger partial charge on any atom is 0.413 e. The highest BCUT2D eigenvalue weighted by atomic mass is 28.4. The van der Waals surface area contributed by atoms with Crippen LogP contribution in [0, 0.1) is 0 Å². The lowest BCUT2D eigenvalue weighted by Crippen LogP contribution is -2.50. The summed E-state index contributed by atoms with van der Waals surface area (Å²) in [4.78, 5) is 30.4. The highest BCUT2D eigenvalue weighted by Gasteiger charge is 2.48. The molecule has 5 aromatic rings. The normalized spacial score (nSPS) is 18.0. The van der Waals surface area contributed by atoms with Gasteiger partial charge in [0.05, 0.1) is 20.8 Å². The van der Waals surface area contributed by atoms with Gasteiger partial charge >= 0.3 is 11.8 Å². The third-order valence-corrected chi connectivity index (χ3v) is 17.6. The summed E-state index contributed by atoms with van der Waals surface area (Å²) in [5, 5.41) is 25.1. The standard InChI is InChI=1S/C47H57N3O10Si/c1-30(2)61(31(3)4,32(5)6)60-39-17-13-12-14-33(39)28-57-46(54)49-41-26-27-50(45(53)48-41)44-43(52)42(51)40(59-44)29-58-47(34-15-10-9-11-16-34,35-18-22-37(55-7)23-19-35)36-20-24-38(56-8)25-21-36/h9-27,30-32,40,42-44,51-52H,28-29H2,1-8H3,(H,48,49,53,54)/t40-,42-,43-,44-/m1/s1. The van der Waals surface area contributed by atoms with E-state index >= 15 is 0 Å². The number of hydrogen-bond acceptors (Lipinski definition) is 11. The van der Waals surface area contributed by atoms with Crippen molar-refractivity contribution >= 4 is 20.2 Å². The zero-order chi connectivity index (χ0) is 43.9. The summed E-state index contributed by atoms with van der Waals surface area (Å²) >= 11 is 0. The van der Waals surface area contributed by atoms with Crippen molar-refractivity contribution in [1.29, 1.82) is 0 Å². The second-order valence-corrected chi connectivity index (χ2v) is 21.5. The van der Waals surface area contributed by atoms with Crippen molar-refractivity contribution in [2.24, 2.45) is 0 Å². The Balaban J connectivity index is 1.17. The molecule has 6 rings (SSSR count). The second kappa shape index (κ2) is 19.5. The lowest BCUT2D eigenvalue weighted by atomic mass is 9.80. The number of carbonyl (C=O) groups excluding carboxylic acids is 1. The van der Waals surface area contributed by atoms with Gasteiger partial charge in [-0.25, -0.2) is 9.59 Å². The minimum Gasteiger partial charge on any atom is -0.542 e. The predicted octanol–water partition coefficient (Wildman–Crippen LogP) is 8.19. The van der Waals surface area contributed by atoms with Crippen molar-refractivity contribution in [3.8, 4) is 17.2 Å². The van der Waals surface area contributed by atoms with Gasteiger partial charge in [0.1, 0.15) is 53.6 Å². The van der Waals surface area contributed by atoms with Crippen LogP contribution in [0.1, 0.15) is 70.0 Å². The molecule has 1 amide bonds. The number of methoxy groups -OCH3 is 2. The Hall–Kier alpha value is -5.51. The second-order valence-electron chi connectivity index (χ2n) is 16.1. The smallest absolute Gasteiger partial charge is 0.413 e. The number of ether oxygens (including phenoxy) is 5. The van der Waals surface area contributed by atoms with Gasteiger partial charge in [-0.3, -0.25) is 9.88 Å². The first-order chi connectivity index (χ1) is 29.2. The van der Waals surface area contributed by atoms with E-state index < -0.39 is 50.2 Å². The molecule has 1 saturated heterocycles. The number of aliphatic hydroxyl groups is 2. The molecule has 0 radical (unpaired) electrons. The summed E-state index contributed by atoms with van der Waals surface area (Å²) in [6.45, 7) is 13.0. The molecule has 324 valence electrons. The lowest BCUT2D eigenvalue weighted by Gasteiger charge is -2.42. The lowest BCUT2D eigenvalue weighted by molar-refractivity contribution is -0.0958. The van der Waals surface area contributed by atoms with E-state index in [9.17, 15) is 19.8 Å². The minimum atomic E-state index is -2.28. The highest BCUT2D eigenvalue weighted by molar-refractivity contribution is 6.78. The molecule has 0 unspecified atom stereocenters. The fourth-order valence-corrected chi connectivity index (χ4v) is 13.9. The van der Waals surface area contributed by atoms with E-state index in [1.807, 2.05) is 103 Å². The quantitative estimate of drug-likeness (QED) is 0.0612. The molecular weight excluding hydrogens is 795 g/mol. The van der Waals surface area contributed by atoms with E-state index in [4.69, 9.17) is 28.1 Å². The number of amides is 1. The summed E-state index contributed by atoms with van der Waals surface area (Å²) in [5.74, 6) is 1.94. The van der Waals surface area contributed by atoms with Crippen LogP contribution >= 0.6 is 0 Å². The van der Waals surface area contributed by atoms with Crippen molar-refractivity contribution in [3.05, 3.63) is 148 Å². The first kappa shape index (κ1) is 45.0. The van der Waals surface area contributed by atoms with E-state index in [-0.39, 0.29) is 19.0 Å². The van der Waals surface area contributed by atoms with Crippen molar-refractivity contribution in [2.75, 3.05) is 26.1 Å². The van der Waals surface area contributed by atoms with Crippen LogP contribution in [0.2, 0.25) is 16.6 Å². The number of nitrogens with zero attached hydrogens (tertiary/aromatic N) is 2. The number of hydrogen-bond donors (Lipinski definition) is 3. The molecule has 4 aromatic carbocycles. The van der Waals surface area contributed by atoms with Crippen LogP contribution in [-0.4, -0.2) is 73.3 Å². The number of rotatable bonds is 17. The Bertz CT molecular complexity index is 2200. The number of aliphatic hydroxyl groups excluding tert-OH is 2. The molecule has 0 spiro atoms. The number of benzene rings is 4. The molecule has 1 fully saturated rings. The van der Waals surface area contributed by atoms with Gasteiger partial charge in [-0.1, -0.05) is 114 Å². The Morgan fingerprint density at radius 2 is 1.31 bits per heavy atom. The Kier molecular flexibility index (Phi) is 14.4. The van der Waals surface area contributed by atoms with Crippen LogP contribution in [0.4, 0.5) is 10.6 Å². The molecule has 1 aromatic heterocycles. The zero-order valence-electron chi connectivity index (χ0n) is 36.0. The summed E-state index contributed by atoms with van der Waals surface area (Å²) in [6.07, 6.45) is -4.83. The summed E-state index contributed by atoms with van der Waals surface area (Å²) in [7, 11) is 0.908. The maximum atomic E-state index is 13.4. The zero-order valence-corrected chi connectivity index (χ0v) is 37.0. The summed E-state index contributed by atoms with van der Waals surface area (Å²) in [5.41, 5.74) is 2.05. The average Bonchev–Trinajstić information content (AvgIpc) is 3.54. The van der Waals surface area contributed by atoms with Crippen molar-refractivity contribution in [1.82, 2.24) is 9.55 Å². The first-order valence-corrected chi connectivity index (χ1v) is 22.7. The number of para-hydroxylation sites is 1.